The second-order valence-electron chi connectivity index (χ2n) is 6.75. The van der Waals surface area contributed by atoms with Crippen LogP contribution >= 0.6 is 22.6 Å². The molecule has 0 aliphatic heterocycles. The average Bonchev–Trinajstić information content (AvgIpc) is 3.03. The predicted molar refractivity (Wildman–Crippen MR) is 115 cm³/mol. The van der Waals surface area contributed by atoms with Gasteiger partial charge in [-0.3, -0.25) is 4.79 Å². The van der Waals surface area contributed by atoms with Gasteiger partial charge in [-0.15, -0.1) is 0 Å². The fourth-order valence-electron chi connectivity index (χ4n) is 2.62. The summed E-state index contributed by atoms with van der Waals surface area (Å²) in [5.41, 5.74) is 2.94. The number of halogens is 1. The topological polar surface area (TPSA) is 68.5 Å². The van der Waals surface area contributed by atoms with E-state index in [1.165, 1.54) is 12.2 Å². The molecule has 0 atom stereocenters. The number of rotatable bonds is 7. The molecule has 0 aliphatic rings. The lowest BCUT2D eigenvalue weighted by Gasteiger charge is -2.20. The summed E-state index contributed by atoms with van der Waals surface area (Å²) in [4.78, 5) is 24.1. The minimum absolute atomic E-state index is 0.264. The Kier molecular flexibility index (Phi) is 7.65. The first-order valence-corrected chi connectivity index (χ1v) is 9.88. The van der Waals surface area contributed by atoms with Gasteiger partial charge < -0.3 is 14.5 Å². The Labute approximate surface area is 173 Å². The molecule has 1 aromatic carbocycles. The number of hydrogen-bond donors (Lipinski definition) is 1. The normalized spacial score (nSPS) is 11.4. The van der Waals surface area contributed by atoms with E-state index in [-0.39, 0.29) is 24.3 Å². The van der Waals surface area contributed by atoms with Crippen molar-refractivity contribution in [2.45, 2.75) is 39.5 Å². The number of nitrogens with one attached hydrogen (secondary N) is 1. The van der Waals surface area contributed by atoms with Gasteiger partial charge in [0.15, 0.2) is 10.4 Å². The molecule has 2 rings (SSSR count). The molecule has 27 heavy (non-hydrogen) atoms. The van der Waals surface area contributed by atoms with Gasteiger partial charge in [0.2, 0.25) is 0 Å². The van der Waals surface area contributed by atoms with Gasteiger partial charge in [-0.05, 0) is 63.8 Å². The summed E-state index contributed by atoms with van der Waals surface area (Å²) in [6.45, 7) is 7.97. The first-order chi connectivity index (χ1) is 12.8. The van der Waals surface area contributed by atoms with Crippen LogP contribution in [0.15, 0.2) is 40.8 Å². The van der Waals surface area contributed by atoms with Gasteiger partial charge in [0.25, 0.3) is 5.91 Å². The molecule has 144 valence electrons. The van der Waals surface area contributed by atoms with Gasteiger partial charge >= 0.3 is 5.97 Å². The van der Waals surface area contributed by atoms with Crippen molar-refractivity contribution in [1.29, 1.82) is 0 Å². The number of esters is 1. The zero-order chi connectivity index (χ0) is 20.0. The molecule has 0 saturated heterocycles. The molecular weight excluding hydrogens is 457 g/mol. The highest BCUT2D eigenvalue weighted by atomic mass is 127. The summed E-state index contributed by atoms with van der Waals surface area (Å²) >= 11 is 2.04. The Morgan fingerprint density at radius 3 is 2.26 bits per heavy atom. The van der Waals surface area contributed by atoms with E-state index in [1.54, 1.807) is 12.1 Å². The SMILES string of the molecule is CC(C)c1cccc(C(C)C)c1NC(=O)COC(=O)/C=C/c1ccc(I)o1. The van der Waals surface area contributed by atoms with Gasteiger partial charge in [-0.2, -0.15) is 0 Å². The van der Waals surface area contributed by atoms with Crippen LogP contribution in [0.4, 0.5) is 5.69 Å². The molecule has 6 heteroatoms. The zero-order valence-corrected chi connectivity index (χ0v) is 18.1. The Bertz CT molecular complexity index is 810. The van der Waals surface area contributed by atoms with Crippen LogP contribution in [0.1, 0.15) is 56.4 Å². The van der Waals surface area contributed by atoms with Crippen LogP contribution in [0, 0.1) is 3.77 Å². The fourth-order valence-corrected chi connectivity index (χ4v) is 3.06. The monoisotopic (exact) mass is 481 g/mol. The van der Waals surface area contributed by atoms with Crippen molar-refractivity contribution in [2.75, 3.05) is 11.9 Å². The number of ether oxygens (including phenoxy) is 1. The Morgan fingerprint density at radius 2 is 1.74 bits per heavy atom. The highest BCUT2D eigenvalue weighted by Gasteiger charge is 2.16. The molecule has 1 heterocycles. The molecule has 1 aromatic heterocycles. The second kappa shape index (κ2) is 9.73. The lowest BCUT2D eigenvalue weighted by atomic mass is 9.92. The van der Waals surface area contributed by atoms with Gasteiger partial charge in [-0.1, -0.05) is 45.9 Å². The van der Waals surface area contributed by atoms with Crippen molar-refractivity contribution in [2.24, 2.45) is 0 Å². The van der Waals surface area contributed by atoms with Crippen molar-refractivity contribution >= 4 is 46.2 Å². The molecule has 0 radical (unpaired) electrons. The second-order valence-corrected chi connectivity index (χ2v) is 7.82. The van der Waals surface area contributed by atoms with E-state index in [1.807, 2.05) is 40.8 Å². The highest BCUT2D eigenvalue weighted by molar-refractivity contribution is 14.1. The number of anilines is 1. The first kappa shape index (κ1) is 21.2. The van der Waals surface area contributed by atoms with Crippen molar-refractivity contribution in [3.05, 3.63) is 57.1 Å². The van der Waals surface area contributed by atoms with Crippen LogP contribution < -0.4 is 5.32 Å². The molecule has 0 fully saturated rings. The lowest BCUT2D eigenvalue weighted by Crippen LogP contribution is -2.22. The van der Waals surface area contributed by atoms with Crippen molar-refractivity contribution in [1.82, 2.24) is 0 Å². The van der Waals surface area contributed by atoms with E-state index >= 15 is 0 Å². The molecule has 0 aliphatic carbocycles. The Hall–Kier alpha value is -2.09. The molecular formula is C21H24INO4. The first-order valence-electron chi connectivity index (χ1n) is 8.80. The van der Waals surface area contributed by atoms with Crippen LogP contribution in [0.2, 0.25) is 0 Å². The van der Waals surface area contributed by atoms with E-state index in [9.17, 15) is 9.59 Å². The number of carbonyl (C=O) groups excluding carboxylic acids is 2. The number of benzene rings is 1. The molecule has 0 saturated carbocycles. The van der Waals surface area contributed by atoms with Gasteiger partial charge in [-0.25, -0.2) is 4.79 Å². The lowest BCUT2D eigenvalue weighted by molar-refractivity contribution is -0.142. The largest absolute Gasteiger partial charge is 0.452 e. The number of carbonyl (C=O) groups is 2. The minimum atomic E-state index is -0.599. The smallest absolute Gasteiger partial charge is 0.331 e. The van der Waals surface area contributed by atoms with E-state index in [2.05, 4.69) is 33.0 Å². The van der Waals surface area contributed by atoms with Crippen LogP contribution in [0.25, 0.3) is 6.08 Å². The predicted octanol–water partition coefficient (Wildman–Crippen LogP) is 5.33. The van der Waals surface area contributed by atoms with E-state index < -0.39 is 5.97 Å². The summed E-state index contributed by atoms with van der Waals surface area (Å²) < 4.78 is 11.1. The van der Waals surface area contributed by atoms with Crippen LogP contribution in [0.5, 0.6) is 0 Å². The summed E-state index contributed by atoms with van der Waals surface area (Å²) in [7, 11) is 0. The number of para-hydroxylation sites is 1. The highest BCUT2D eigenvalue weighted by Crippen LogP contribution is 2.32. The van der Waals surface area contributed by atoms with E-state index in [0.717, 1.165) is 20.6 Å². The number of furan rings is 1. The van der Waals surface area contributed by atoms with Crippen LogP contribution in [0.3, 0.4) is 0 Å². The third kappa shape index (κ3) is 6.23. The van der Waals surface area contributed by atoms with Gasteiger partial charge in [0, 0.05) is 11.8 Å². The third-order valence-electron chi connectivity index (χ3n) is 3.96. The van der Waals surface area contributed by atoms with Crippen molar-refractivity contribution in [3.8, 4) is 0 Å². The summed E-state index contributed by atoms with van der Waals surface area (Å²) in [5.74, 6) is 0.117. The fraction of sp³-hybridized carbons (Fsp3) is 0.333. The average molecular weight is 481 g/mol. The summed E-state index contributed by atoms with van der Waals surface area (Å²) in [5, 5.41) is 2.91. The maximum Gasteiger partial charge on any atom is 0.331 e. The molecule has 0 spiro atoms. The minimum Gasteiger partial charge on any atom is -0.452 e. The molecule has 0 unspecified atom stereocenters. The standard InChI is InChI=1S/C21H24INO4/c1-13(2)16-6-5-7-17(14(3)4)21(16)23-19(24)12-26-20(25)11-9-15-8-10-18(22)27-15/h5-11,13-14H,12H2,1-4H3,(H,23,24)/b11-9+. The third-order valence-corrected chi connectivity index (χ3v) is 4.54. The van der Waals surface area contributed by atoms with E-state index in [4.69, 9.17) is 9.15 Å². The van der Waals surface area contributed by atoms with Gasteiger partial charge in [0.1, 0.15) is 5.76 Å². The maximum absolute atomic E-state index is 12.3. The zero-order valence-electron chi connectivity index (χ0n) is 15.9. The quantitative estimate of drug-likeness (QED) is 0.330. The van der Waals surface area contributed by atoms with Crippen LogP contribution in [-0.2, 0) is 14.3 Å². The number of hydrogen-bond acceptors (Lipinski definition) is 4. The Morgan fingerprint density at radius 1 is 1.11 bits per heavy atom. The van der Waals surface area contributed by atoms with Crippen molar-refractivity contribution in [3.63, 3.8) is 0 Å². The maximum atomic E-state index is 12.3. The van der Waals surface area contributed by atoms with Crippen molar-refractivity contribution < 1.29 is 18.7 Å². The van der Waals surface area contributed by atoms with Gasteiger partial charge in [0.05, 0.1) is 0 Å². The molecule has 0 bridgehead atoms. The Balaban J connectivity index is 1.99. The van der Waals surface area contributed by atoms with Crippen LogP contribution in [-0.4, -0.2) is 18.5 Å². The summed E-state index contributed by atoms with van der Waals surface area (Å²) in [6.07, 6.45) is 2.75. The number of amides is 1. The molecule has 1 amide bonds. The summed E-state index contributed by atoms with van der Waals surface area (Å²) in [6, 6.07) is 9.55. The molecule has 1 N–H and O–H groups in total. The molecule has 5 nitrogen and oxygen atoms in total. The van der Waals surface area contributed by atoms with E-state index in [0.29, 0.717) is 5.76 Å². The molecule has 2 aromatic rings.